The van der Waals surface area contributed by atoms with Gasteiger partial charge in [0.05, 0.1) is 24.9 Å². The molecule has 24 heavy (non-hydrogen) atoms. The zero-order chi connectivity index (χ0) is 16.2. The molecule has 3 aliphatic rings. The Kier molecular flexibility index (Phi) is 5.54. The molecule has 0 bridgehead atoms. The van der Waals surface area contributed by atoms with E-state index >= 15 is 0 Å². The minimum Gasteiger partial charge on any atom is -0.374 e. The third kappa shape index (κ3) is 4.20. The van der Waals surface area contributed by atoms with Crippen LogP contribution in [0, 0.1) is 0 Å². The number of rotatable bonds is 6. The number of ether oxygens (including phenoxy) is 2. The number of nitrogens with zero attached hydrogens (tertiary/aromatic N) is 2. The van der Waals surface area contributed by atoms with E-state index < -0.39 is 0 Å². The van der Waals surface area contributed by atoms with Crippen LogP contribution in [0.1, 0.15) is 37.0 Å². The number of piperidine rings is 1. The summed E-state index contributed by atoms with van der Waals surface area (Å²) >= 11 is 1.86. The summed E-state index contributed by atoms with van der Waals surface area (Å²) in [4.78, 5) is 6.57. The Morgan fingerprint density at radius 3 is 2.75 bits per heavy atom. The first-order valence-corrected chi connectivity index (χ1v) is 10.4. The third-order valence-electron chi connectivity index (χ3n) is 5.86. The van der Waals surface area contributed by atoms with Gasteiger partial charge in [-0.3, -0.25) is 4.90 Å². The highest BCUT2D eigenvalue weighted by Gasteiger charge is 2.43. The number of hydrogen-bond donors (Lipinski definition) is 0. The molecule has 4 rings (SSSR count). The van der Waals surface area contributed by atoms with Gasteiger partial charge in [-0.1, -0.05) is 6.07 Å². The Morgan fingerprint density at radius 1 is 1.17 bits per heavy atom. The van der Waals surface area contributed by atoms with Crippen LogP contribution in [0.5, 0.6) is 0 Å². The summed E-state index contributed by atoms with van der Waals surface area (Å²) < 4.78 is 12.4. The molecule has 3 aliphatic heterocycles. The van der Waals surface area contributed by atoms with E-state index in [0.29, 0.717) is 6.10 Å². The second-order valence-electron chi connectivity index (χ2n) is 7.60. The summed E-state index contributed by atoms with van der Waals surface area (Å²) in [7, 11) is 0. The minimum absolute atomic E-state index is 0.101. The lowest BCUT2D eigenvalue weighted by molar-refractivity contribution is -0.0465. The molecule has 1 atom stereocenters. The Balaban J connectivity index is 1.17. The highest BCUT2D eigenvalue weighted by atomic mass is 32.1. The lowest BCUT2D eigenvalue weighted by atomic mass is 9.88. The number of hydrogen-bond acceptors (Lipinski definition) is 5. The molecule has 0 N–H and O–H groups in total. The van der Waals surface area contributed by atoms with Crippen LogP contribution in [0.15, 0.2) is 17.5 Å². The van der Waals surface area contributed by atoms with Crippen molar-refractivity contribution in [2.75, 3.05) is 45.9 Å². The minimum atomic E-state index is 0.101. The van der Waals surface area contributed by atoms with E-state index in [1.807, 2.05) is 11.3 Å². The molecule has 1 aromatic heterocycles. The molecule has 3 fully saturated rings. The van der Waals surface area contributed by atoms with Crippen molar-refractivity contribution in [3.05, 3.63) is 22.4 Å². The molecule has 3 saturated heterocycles. The standard InChI is InChI=1S/C19H30N2O2S/c1-2-8-20(7-1)11-12-22-17-14-19(23-16-17)5-9-21(10-6-19)15-18-4-3-13-24-18/h3-4,13,17H,1-2,5-12,14-16H2. The topological polar surface area (TPSA) is 24.9 Å². The summed E-state index contributed by atoms with van der Waals surface area (Å²) in [6.07, 6.45) is 6.44. The van der Waals surface area contributed by atoms with Gasteiger partial charge in [-0.15, -0.1) is 11.3 Å². The predicted octanol–water partition coefficient (Wildman–Crippen LogP) is 2.98. The summed E-state index contributed by atoms with van der Waals surface area (Å²) in [5.74, 6) is 0. The lowest BCUT2D eigenvalue weighted by Gasteiger charge is -2.38. The molecule has 0 radical (unpaired) electrons. The van der Waals surface area contributed by atoms with E-state index in [9.17, 15) is 0 Å². The zero-order valence-electron chi connectivity index (χ0n) is 14.6. The average molecular weight is 351 g/mol. The van der Waals surface area contributed by atoms with Crippen LogP contribution in [0.2, 0.25) is 0 Å². The van der Waals surface area contributed by atoms with Crippen LogP contribution in [0.25, 0.3) is 0 Å². The monoisotopic (exact) mass is 350 g/mol. The van der Waals surface area contributed by atoms with E-state index in [-0.39, 0.29) is 5.60 Å². The van der Waals surface area contributed by atoms with Crippen LogP contribution in [0.3, 0.4) is 0 Å². The summed E-state index contributed by atoms with van der Waals surface area (Å²) in [5.41, 5.74) is 0.101. The maximum Gasteiger partial charge on any atom is 0.0836 e. The van der Waals surface area contributed by atoms with Gasteiger partial charge in [0.15, 0.2) is 0 Å². The molecule has 1 unspecified atom stereocenters. The fourth-order valence-electron chi connectivity index (χ4n) is 4.35. The maximum absolute atomic E-state index is 6.24. The van der Waals surface area contributed by atoms with Crippen molar-refractivity contribution in [2.24, 2.45) is 0 Å². The molecule has 5 heteroatoms. The molecule has 1 spiro atoms. The van der Waals surface area contributed by atoms with E-state index in [0.717, 1.165) is 58.7 Å². The SMILES string of the molecule is c1csc(CN2CCC3(CC2)CC(OCCN2CCCC2)CO3)c1. The van der Waals surface area contributed by atoms with E-state index in [4.69, 9.17) is 9.47 Å². The van der Waals surface area contributed by atoms with E-state index in [2.05, 4.69) is 27.3 Å². The molecular weight excluding hydrogens is 320 g/mol. The van der Waals surface area contributed by atoms with Gasteiger partial charge in [0.25, 0.3) is 0 Å². The molecule has 1 aromatic rings. The first-order chi connectivity index (χ1) is 11.8. The zero-order valence-corrected chi connectivity index (χ0v) is 15.4. The van der Waals surface area contributed by atoms with Crippen molar-refractivity contribution < 1.29 is 9.47 Å². The van der Waals surface area contributed by atoms with Crippen molar-refractivity contribution >= 4 is 11.3 Å². The largest absolute Gasteiger partial charge is 0.374 e. The molecule has 4 heterocycles. The van der Waals surface area contributed by atoms with Crippen molar-refractivity contribution in [1.82, 2.24) is 9.80 Å². The summed E-state index contributed by atoms with van der Waals surface area (Å²) in [6.45, 7) is 8.68. The molecule has 0 amide bonds. The van der Waals surface area contributed by atoms with Gasteiger partial charge in [-0.25, -0.2) is 0 Å². The van der Waals surface area contributed by atoms with Gasteiger partial charge < -0.3 is 14.4 Å². The molecule has 0 aromatic carbocycles. The van der Waals surface area contributed by atoms with Crippen molar-refractivity contribution in [3.63, 3.8) is 0 Å². The summed E-state index contributed by atoms with van der Waals surface area (Å²) in [6, 6.07) is 4.39. The quantitative estimate of drug-likeness (QED) is 0.787. The molecule has 0 aliphatic carbocycles. The van der Waals surface area contributed by atoms with Crippen molar-refractivity contribution in [2.45, 2.75) is 50.4 Å². The molecular formula is C19H30N2O2S. The van der Waals surface area contributed by atoms with E-state index in [1.54, 1.807) is 0 Å². The Bertz CT molecular complexity index is 493. The van der Waals surface area contributed by atoms with E-state index in [1.165, 1.54) is 30.8 Å². The Morgan fingerprint density at radius 2 is 2.00 bits per heavy atom. The molecule has 134 valence electrons. The highest BCUT2D eigenvalue weighted by molar-refractivity contribution is 7.09. The second-order valence-corrected chi connectivity index (χ2v) is 8.63. The smallest absolute Gasteiger partial charge is 0.0836 e. The van der Waals surface area contributed by atoms with Crippen LogP contribution >= 0.6 is 11.3 Å². The van der Waals surface area contributed by atoms with Gasteiger partial charge in [-0.2, -0.15) is 0 Å². The van der Waals surface area contributed by atoms with Gasteiger partial charge in [0, 0.05) is 37.5 Å². The van der Waals surface area contributed by atoms with Gasteiger partial charge in [0.2, 0.25) is 0 Å². The Labute approximate surface area is 149 Å². The first-order valence-electron chi connectivity index (χ1n) is 9.54. The highest BCUT2D eigenvalue weighted by Crippen LogP contribution is 2.37. The van der Waals surface area contributed by atoms with Crippen LogP contribution in [0.4, 0.5) is 0 Å². The van der Waals surface area contributed by atoms with Crippen LogP contribution < -0.4 is 0 Å². The lowest BCUT2D eigenvalue weighted by Crippen LogP contribution is -2.43. The normalized spacial score (nSPS) is 28.1. The molecule has 0 saturated carbocycles. The van der Waals surface area contributed by atoms with Gasteiger partial charge in [0.1, 0.15) is 0 Å². The maximum atomic E-state index is 6.24. The Hall–Kier alpha value is -0.460. The predicted molar refractivity (Wildman–Crippen MR) is 97.5 cm³/mol. The molecule has 4 nitrogen and oxygen atoms in total. The number of likely N-dealkylation sites (tertiary alicyclic amines) is 2. The second kappa shape index (κ2) is 7.83. The number of thiophene rings is 1. The average Bonchev–Trinajstić information content (AvgIpc) is 3.34. The van der Waals surface area contributed by atoms with Crippen LogP contribution in [-0.4, -0.2) is 67.4 Å². The fraction of sp³-hybridized carbons (Fsp3) is 0.789. The van der Waals surface area contributed by atoms with Crippen LogP contribution in [-0.2, 0) is 16.0 Å². The first kappa shape index (κ1) is 17.0. The fourth-order valence-corrected chi connectivity index (χ4v) is 5.10. The van der Waals surface area contributed by atoms with Gasteiger partial charge >= 0.3 is 0 Å². The summed E-state index contributed by atoms with van der Waals surface area (Å²) in [5, 5.41) is 2.17. The van der Waals surface area contributed by atoms with Crippen molar-refractivity contribution in [3.8, 4) is 0 Å². The van der Waals surface area contributed by atoms with Gasteiger partial charge in [-0.05, 0) is 50.2 Å². The third-order valence-corrected chi connectivity index (χ3v) is 6.72. The van der Waals surface area contributed by atoms with Crippen molar-refractivity contribution in [1.29, 1.82) is 0 Å².